The minimum Gasteiger partial charge on any atom is -0.481 e. The molecule has 0 radical (unpaired) electrons. The van der Waals surface area contributed by atoms with Crippen LogP contribution in [0.5, 0.6) is 0 Å². The Balaban J connectivity index is 1.50. The standard InChI is InChI=1S/C28H29FN2O3/c29-24-13-11-21(12-14-24)25(15-16-26(32)33)30-17-19-31(20-18-30)28(34)27(22-7-3-1-4-8-22)23-9-5-2-6-10-23/h1-14,25,27H,15-20H2,(H,32,33)/t25-/m0/s1. The Morgan fingerprint density at radius 3 is 1.79 bits per heavy atom. The van der Waals surface area contributed by atoms with Gasteiger partial charge >= 0.3 is 5.97 Å². The Morgan fingerprint density at radius 2 is 1.29 bits per heavy atom. The number of hydrogen-bond donors (Lipinski definition) is 1. The maximum atomic E-state index is 13.7. The van der Waals surface area contributed by atoms with Crippen LogP contribution >= 0.6 is 0 Å². The first-order valence-corrected chi connectivity index (χ1v) is 11.6. The SMILES string of the molecule is O=C(O)CC[C@@H](c1ccc(F)cc1)N1CCN(C(=O)C(c2ccccc2)c2ccccc2)CC1. The maximum Gasteiger partial charge on any atom is 0.303 e. The van der Waals surface area contributed by atoms with E-state index in [-0.39, 0.29) is 30.1 Å². The highest BCUT2D eigenvalue weighted by atomic mass is 19.1. The Labute approximate surface area is 199 Å². The van der Waals surface area contributed by atoms with Crippen LogP contribution in [0.25, 0.3) is 0 Å². The number of nitrogens with zero attached hydrogens (tertiary/aromatic N) is 2. The van der Waals surface area contributed by atoms with Crippen molar-refractivity contribution in [2.24, 2.45) is 0 Å². The van der Waals surface area contributed by atoms with Gasteiger partial charge in [0.2, 0.25) is 5.91 Å². The van der Waals surface area contributed by atoms with E-state index in [1.165, 1.54) is 12.1 Å². The average Bonchev–Trinajstić information content (AvgIpc) is 2.87. The molecule has 3 aromatic carbocycles. The molecule has 3 aromatic rings. The molecule has 0 bridgehead atoms. The number of amides is 1. The predicted octanol–water partition coefficient (Wildman–Crippen LogP) is 4.71. The van der Waals surface area contributed by atoms with Gasteiger partial charge in [0.25, 0.3) is 0 Å². The number of benzene rings is 3. The first kappa shape index (κ1) is 23.6. The third-order valence-corrected chi connectivity index (χ3v) is 6.47. The normalized spacial score (nSPS) is 15.3. The van der Waals surface area contributed by atoms with Gasteiger partial charge in [-0.1, -0.05) is 72.8 Å². The molecule has 6 heteroatoms. The van der Waals surface area contributed by atoms with Crippen molar-refractivity contribution in [3.05, 3.63) is 107 Å². The number of carbonyl (C=O) groups excluding carboxylic acids is 1. The second-order valence-corrected chi connectivity index (χ2v) is 8.62. The molecule has 0 saturated carbocycles. The molecule has 4 rings (SSSR count). The molecule has 1 N–H and O–H groups in total. The first-order valence-electron chi connectivity index (χ1n) is 11.6. The molecular weight excluding hydrogens is 431 g/mol. The van der Waals surface area contributed by atoms with E-state index < -0.39 is 5.97 Å². The van der Waals surface area contributed by atoms with Gasteiger partial charge in [0.1, 0.15) is 5.82 Å². The molecule has 0 aliphatic carbocycles. The largest absolute Gasteiger partial charge is 0.481 e. The highest BCUT2D eigenvalue weighted by Gasteiger charge is 2.32. The van der Waals surface area contributed by atoms with Crippen LogP contribution in [-0.4, -0.2) is 53.0 Å². The van der Waals surface area contributed by atoms with Gasteiger partial charge in [-0.05, 0) is 35.2 Å². The molecule has 5 nitrogen and oxygen atoms in total. The molecule has 1 saturated heterocycles. The maximum absolute atomic E-state index is 13.7. The Bertz CT molecular complexity index is 1040. The fourth-order valence-corrected chi connectivity index (χ4v) is 4.71. The summed E-state index contributed by atoms with van der Waals surface area (Å²) in [6, 6.07) is 25.8. The number of carboxylic acids is 1. The number of carboxylic acid groups (broad SMARTS) is 1. The minimum atomic E-state index is -0.852. The summed E-state index contributed by atoms with van der Waals surface area (Å²) in [4.78, 5) is 29.0. The van der Waals surface area contributed by atoms with Crippen molar-refractivity contribution in [2.75, 3.05) is 26.2 Å². The van der Waals surface area contributed by atoms with Crippen LogP contribution in [0.15, 0.2) is 84.9 Å². The Hall–Kier alpha value is -3.51. The molecule has 0 unspecified atom stereocenters. The van der Waals surface area contributed by atoms with Crippen LogP contribution in [0.4, 0.5) is 4.39 Å². The number of piperazine rings is 1. The lowest BCUT2D eigenvalue weighted by Gasteiger charge is -2.40. The minimum absolute atomic E-state index is 0.0330. The summed E-state index contributed by atoms with van der Waals surface area (Å²) in [5.74, 6) is -1.46. The van der Waals surface area contributed by atoms with E-state index in [2.05, 4.69) is 4.90 Å². The molecule has 1 amide bonds. The fraction of sp³-hybridized carbons (Fsp3) is 0.286. The van der Waals surface area contributed by atoms with Crippen LogP contribution in [0.2, 0.25) is 0 Å². The highest BCUT2D eigenvalue weighted by molar-refractivity contribution is 5.87. The second-order valence-electron chi connectivity index (χ2n) is 8.62. The number of aliphatic carboxylic acids is 1. The lowest BCUT2D eigenvalue weighted by Crippen LogP contribution is -2.51. The van der Waals surface area contributed by atoms with Crippen LogP contribution in [-0.2, 0) is 9.59 Å². The highest BCUT2D eigenvalue weighted by Crippen LogP contribution is 2.30. The van der Waals surface area contributed by atoms with Crippen molar-refractivity contribution in [3.63, 3.8) is 0 Å². The van der Waals surface area contributed by atoms with Gasteiger partial charge in [0, 0.05) is 38.6 Å². The van der Waals surface area contributed by atoms with Crippen LogP contribution < -0.4 is 0 Å². The second kappa shape index (κ2) is 11.1. The van der Waals surface area contributed by atoms with Gasteiger partial charge in [-0.3, -0.25) is 14.5 Å². The van der Waals surface area contributed by atoms with E-state index in [9.17, 15) is 19.1 Å². The smallest absolute Gasteiger partial charge is 0.303 e. The summed E-state index contributed by atoms with van der Waals surface area (Å²) in [5.41, 5.74) is 2.83. The summed E-state index contributed by atoms with van der Waals surface area (Å²) >= 11 is 0. The summed E-state index contributed by atoms with van der Waals surface area (Å²) in [6.45, 7) is 2.37. The molecule has 176 valence electrons. The van der Waals surface area contributed by atoms with E-state index in [4.69, 9.17) is 0 Å². The van der Waals surface area contributed by atoms with E-state index in [1.807, 2.05) is 65.6 Å². The third kappa shape index (κ3) is 5.69. The molecule has 1 heterocycles. The number of hydrogen-bond acceptors (Lipinski definition) is 3. The van der Waals surface area contributed by atoms with E-state index in [0.717, 1.165) is 16.7 Å². The van der Waals surface area contributed by atoms with Crippen molar-refractivity contribution in [2.45, 2.75) is 24.8 Å². The first-order chi connectivity index (χ1) is 16.5. The van der Waals surface area contributed by atoms with Gasteiger partial charge in [-0.15, -0.1) is 0 Å². The van der Waals surface area contributed by atoms with Gasteiger partial charge in [-0.2, -0.15) is 0 Å². The lowest BCUT2D eigenvalue weighted by atomic mass is 9.89. The summed E-state index contributed by atoms with van der Waals surface area (Å²) < 4.78 is 13.5. The van der Waals surface area contributed by atoms with E-state index in [0.29, 0.717) is 32.6 Å². The molecule has 1 aliphatic rings. The average molecular weight is 461 g/mol. The monoisotopic (exact) mass is 460 g/mol. The zero-order valence-corrected chi connectivity index (χ0v) is 19.0. The lowest BCUT2D eigenvalue weighted by molar-refractivity contribution is -0.137. The molecule has 0 spiro atoms. The molecule has 34 heavy (non-hydrogen) atoms. The van der Waals surface area contributed by atoms with Gasteiger partial charge < -0.3 is 10.0 Å². The zero-order chi connectivity index (χ0) is 23.9. The van der Waals surface area contributed by atoms with Crippen LogP contribution in [0, 0.1) is 5.82 Å². The Kier molecular flexibility index (Phi) is 7.70. The quantitative estimate of drug-likeness (QED) is 0.529. The zero-order valence-electron chi connectivity index (χ0n) is 19.0. The fourth-order valence-electron chi connectivity index (χ4n) is 4.71. The van der Waals surface area contributed by atoms with Crippen LogP contribution in [0.1, 0.15) is 41.5 Å². The Morgan fingerprint density at radius 1 is 0.765 bits per heavy atom. The van der Waals surface area contributed by atoms with Crippen molar-refractivity contribution < 1.29 is 19.1 Å². The molecular formula is C28H29FN2O3. The van der Waals surface area contributed by atoms with Gasteiger partial charge in [0.05, 0.1) is 5.92 Å². The van der Waals surface area contributed by atoms with Crippen LogP contribution in [0.3, 0.4) is 0 Å². The van der Waals surface area contributed by atoms with Gasteiger partial charge in [-0.25, -0.2) is 4.39 Å². The number of carbonyl (C=O) groups is 2. The summed E-state index contributed by atoms with van der Waals surface area (Å²) in [6.07, 6.45) is 0.469. The molecule has 1 aliphatic heterocycles. The van der Waals surface area contributed by atoms with E-state index >= 15 is 0 Å². The molecule has 1 atom stereocenters. The third-order valence-electron chi connectivity index (χ3n) is 6.47. The van der Waals surface area contributed by atoms with Crippen molar-refractivity contribution >= 4 is 11.9 Å². The van der Waals surface area contributed by atoms with Crippen molar-refractivity contribution in [3.8, 4) is 0 Å². The molecule has 0 aromatic heterocycles. The molecule has 1 fully saturated rings. The number of halogens is 1. The van der Waals surface area contributed by atoms with Gasteiger partial charge in [0.15, 0.2) is 0 Å². The summed E-state index contributed by atoms with van der Waals surface area (Å²) in [7, 11) is 0. The summed E-state index contributed by atoms with van der Waals surface area (Å²) in [5, 5.41) is 9.21. The topological polar surface area (TPSA) is 60.9 Å². The van der Waals surface area contributed by atoms with Crippen molar-refractivity contribution in [1.82, 2.24) is 9.80 Å². The van der Waals surface area contributed by atoms with Crippen molar-refractivity contribution in [1.29, 1.82) is 0 Å². The van der Waals surface area contributed by atoms with E-state index in [1.54, 1.807) is 12.1 Å². The predicted molar refractivity (Wildman–Crippen MR) is 129 cm³/mol. The number of rotatable bonds is 8.